The fourth-order valence-corrected chi connectivity index (χ4v) is 5.87. The van der Waals surface area contributed by atoms with Crippen molar-refractivity contribution < 1.29 is 22.4 Å². The number of alkyl halides is 3. The van der Waals surface area contributed by atoms with E-state index in [0.29, 0.717) is 11.5 Å². The Hall–Kier alpha value is -2.91. The Labute approximate surface area is 194 Å². The van der Waals surface area contributed by atoms with Gasteiger partial charge >= 0.3 is 6.18 Å². The lowest BCUT2D eigenvalue weighted by Gasteiger charge is -2.34. The number of fused-ring (bicyclic) bond motifs is 3. The first-order valence-electron chi connectivity index (χ1n) is 11.5. The second-order valence-corrected chi connectivity index (χ2v) is 10.4. The summed E-state index contributed by atoms with van der Waals surface area (Å²) in [6, 6.07) is 4.00. The van der Waals surface area contributed by atoms with Gasteiger partial charge < -0.3 is 5.32 Å². The van der Waals surface area contributed by atoms with Gasteiger partial charge in [0.05, 0.1) is 6.04 Å². The van der Waals surface area contributed by atoms with Crippen LogP contribution in [0.4, 0.5) is 23.4 Å². The number of halogens is 4. The van der Waals surface area contributed by atoms with Gasteiger partial charge in [0.25, 0.3) is 5.91 Å². The molecule has 4 unspecified atom stereocenters. The molecule has 10 heteroatoms. The summed E-state index contributed by atoms with van der Waals surface area (Å²) in [5.74, 6) is -0.535. The first-order chi connectivity index (χ1) is 15.9. The van der Waals surface area contributed by atoms with E-state index in [4.69, 9.17) is 0 Å². The molecule has 1 aliphatic heterocycles. The van der Waals surface area contributed by atoms with Crippen LogP contribution in [-0.4, -0.2) is 27.6 Å². The van der Waals surface area contributed by atoms with Crippen LogP contribution in [0.15, 0.2) is 35.4 Å². The maximum Gasteiger partial charge on any atom is 0.410 e. The molecule has 2 bridgehead atoms. The molecule has 2 aliphatic carbocycles. The highest BCUT2D eigenvalue weighted by molar-refractivity contribution is 5.97. The average molecular weight is 478 g/mol. The van der Waals surface area contributed by atoms with Gasteiger partial charge in [-0.25, -0.2) is 14.5 Å². The van der Waals surface area contributed by atoms with E-state index in [0.717, 1.165) is 29.7 Å². The van der Waals surface area contributed by atoms with Gasteiger partial charge in [-0.05, 0) is 48.3 Å². The maximum atomic E-state index is 13.9. The highest BCUT2D eigenvalue weighted by Gasteiger charge is 2.60. The molecule has 2 N–H and O–H groups in total. The zero-order chi connectivity index (χ0) is 24.5. The summed E-state index contributed by atoms with van der Waals surface area (Å²) >= 11 is 0. The lowest BCUT2D eigenvalue weighted by molar-refractivity contribution is -0.173. The standard InChI is InChI=1S/C24H27F4N5O/c1-22(2)14-8-9-23(22,3)18(10-14)30-31-21(34)17-12-20-29-16(13-4-6-15(25)7-5-13)11-19(24(26,27)28)33(20)32-17/h4-7,12,14,16,19,29H,8-11H2,1-3H3,(H,31,34)/b30-18-. The van der Waals surface area contributed by atoms with Crippen LogP contribution in [0, 0.1) is 22.6 Å². The molecule has 3 aliphatic rings. The number of aromatic nitrogens is 2. The van der Waals surface area contributed by atoms with Crippen molar-refractivity contribution in [3.05, 3.63) is 47.4 Å². The lowest BCUT2D eigenvalue weighted by Crippen LogP contribution is -2.36. The van der Waals surface area contributed by atoms with Crippen LogP contribution in [0.1, 0.15) is 74.6 Å². The van der Waals surface area contributed by atoms with E-state index < -0.39 is 30.0 Å². The van der Waals surface area contributed by atoms with Gasteiger partial charge in [-0.2, -0.15) is 23.4 Å². The zero-order valence-corrected chi connectivity index (χ0v) is 19.2. The van der Waals surface area contributed by atoms with E-state index in [1.807, 2.05) is 0 Å². The Balaban J connectivity index is 1.39. The Bertz CT molecular complexity index is 1150. The SMILES string of the molecule is CC12CCC(C/C1=N/NC(=O)c1cc3n(n1)C(C(F)(F)F)CC(c1ccc(F)cc1)N3)C2(C)C. The molecular formula is C24H27F4N5O. The van der Waals surface area contributed by atoms with Gasteiger partial charge in [0.2, 0.25) is 0 Å². The molecule has 182 valence electrons. The number of hydrogen-bond donors (Lipinski definition) is 2. The first-order valence-corrected chi connectivity index (χ1v) is 11.5. The topological polar surface area (TPSA) is 71.3 Å². The molecule has 5 rings (SSSR count). The monoisotopic (exact) mass is 477 g/mol. The predicted octanol–water partition coefficient (Wildman–Crippen LogP) is 5.61. The minimum atomic E-state index is -4.57. The minimum Gasteiger partial charge on any atom is -0.363 e. The van der Waals surface area contributed by atoms with Crippen molar-refractivity contribution in [2.24, 2.45) is 21.8 Å². The maximum absolute atomic E-state index is 13.9. The molecule has 2 saturated carbocycles. The quantitative estimate of drug-likeness (QED) is 0.446. The van der Waals surface area contributed by atoms with Crippen LogP contribution in [0.25, 0.3) is 0 Å². The van der Waals surface area contributed by atoms with Gasteiger partial charge in [0.15, 0.2) is 11.7 Å². The smallest absolute Gasteiger partial charge is 0.363 e. The van der Waals surface area contributed by atoms with E-state index in [1.165, 1.54) is 30.3 Å². The Morgan fingerprint density at radius 1 is 1.24 bits per heavy atom. The number of nitrogens with zero attached hydrogens (tertiary/aromatic N) is 3. The summed E-state index contributed by atoms with van der Waals surface area (Å²) in [6.45, 7) is 6.60. The van der Waals surface area contributed by atoms with E-state index in [2.05, 4.69) is 41.7 Å². The van der Waals surface area contributed by atoms with E-state index in [9.17, 15) is 22.4 Å². The van der Waals surface area contributed by atoms with Crippen LogP contribution in [0.2, 0.25) is 0 Å². The molecule has 2 heterocycles. The van der Waals surface area contributed by atoms with Gasteiger partial charge in [0, 0.05) is 23.6 Å². The number of hydrazone groups is 1. The van der Waals surface area contributed by atoms with E-state index in [1.54, 1.807) is 0 Å². The van der Waals surface area contributed by atoms with Crippen molar-refractivity contribution in [1.29, 1.82) is 0 Å². The fourth-order valence-electron chi connectivity index (χ4n) is 5.87. The molecule has 4 atom stereocenters. The lowest BCUT2D eigenvalue weighted by atomic mass is 9.70. The van der Waals surface area contributed by atoms with Crippen molar-refractivity contribution in [2.45, 2.75) is 64.7 Å². The van der Waals surface area contributed by atoms with Crippen LogP contribution < -0.4 is 10.7 Å². The van der Waals surface area contributed by atoms with Crippen molar-refractivity contribution in [1.82, 2.24) is 15.2 Å². The third kappa shape index (κ3) is 3.49. The summed E-state index contributed by atoms with van der Waals surface area (Å²) < 4.78 is 55.7. The summed E-state index contributed by atoms with van der Waals surface area (Å²) in [4.78, 5) is 12.8. The van der Waals surface area contributed by atoms with Crippen molar-refractivity contribution in [3.8, 4) is 0 Å². The second-order valence-electron chi connectivity index (χ2n) is 10.4. The molecule has 0 radical (unpaired) electrons. The number of rotatable bonds is 3. The number of nitrogens with one attached hydrogen (secondary N) is 2. The number of amides is 1. The van der Waals surface area contributed by atoms with Crippen LogP contribution in [0.5, 0.6) is 0 Å². The minimum absolute atomic E-state index is 0.0775. The van der Waals surface area contributed by atoms with E-state index in [-0.39, 0.29) is 28.8 Å². The predicted molar refractivity (Wildman–Crippen MR) is 119 cm³/mol. The summed E-state index contributed by atoms with van der Waals surface area (Å²) in [6.07, 6.45) is -1.97. The van der Waals surface area contributed by atoms with Crippen LogP contribution >= 0.6 is 0 Å². The second kappa shape index (κ2) is 7.55. The normalized spacial score (nSPS) is 30.8. The summed E-state index contributed by atoms with van der Waals surface area (Å²) in [5.41, 5.74) is 3.80. The number of carbonyl (C=O) groups excluding carboxylic acids is 1. The van der Waals surface area contributed by atoms with E-state index >= 15 is 0 Å². The molecule has 6 nitrogen and oxygen atoms in total. The third-order valence-electron chi connectivity index (χ3n) is 8.50. The third-order valence-corrected chi connectivity index (χ3v) is 8.50. The largest absolute Gasteiger partial charge is 0.410 e. The first kappa shape index (κ1) is 22.9. The molecule has 2 aromatic rings. The van der Waals surface area contributed by atoms with Crippen molar-refractivity contribution >= 4 is 17.4 Å². The highest BCUT2D eigenvalue weighted by Crippen LogP contribution is 2.63. The summed E-state index contributed by atoms with van der Waals surface area (Å²) in [5, 5.41) is 11.4. The molecule has 0 spiro atoms. The molecule has 1 aromatic heterocycles. The number of benzene rings is 1. The molecule has 2 fully saturated rings. The highest BCUT2D eigenvalue weighted by atomic mass is 19.4. The number of carbonyl (C=O) groups is 1. The molecular weight excluding hydrogens is 450 g/mol. The molecule has 1 aromatic carbocycles. The average Bonchev–Trinajstić information content (AvgIpc) is 3.35. The molecule has 34 heavy (non-hydrogen) atoms. The number of hydrogen-bond acceptors (Lipinski definition) is 4. The van der Waals surface area contributed by atoms with Gasteiger partial charge in [-0.15, -0.1) is 0 Å². The fraction of sp³-hybridized carbons (Fsp3) is 0.542. The van der Waals surface area contributed by atoms with Gasteiger partial charge in [0.1, 0.15) is 11.6 Å². The summed E-state index contributed by atoms with van der Waals surface area (Å²) in [7, 11) is 0. The Morgan fingerprint density at radius 2 is 1.94 bits per heavy atom. The van der Waals surface area contributed by atoms with Crippen LogP contribution in [0.3, 0.4) is 0 Å². The zero-order valence-electron chi connectivity index (χ0n) is 19.2. The van der Waals surface area contributed by atoms with Crippen LogP contribution in [-0.2, 0) is 0 Å². The Kier molecular flexibility index (Phi) is 5.07. The Morgan fingerprint density at radius 3 is 2.53 bits per heavy atom. The molecule has 1 amide bonds. The van der Waals surface area contributed by atoms with Gasteiger partial charge in [-0.3, -0.25) is 4.79 Å². The molecule has 0 saturated heterocycles. The number of anilines is 1. The van der Waals surface area contributed by atoms with Crippen molar-refractivity contribution in [2.75, 3.05) is 5.32 Å². The van der Waals surface area contributed by atoms with Crippen molar-refractivity contribution in [3.63, 3.8) is 0 Å². The van der Waals surface area contributed by atoms with Gasteiger partial charge in [-0.1, -0.05) is 32.9 Å².